The average Bonchev–Trinajstić information content (AvgIpc) is 3.25. The van der Waals surface area contributed by atoms with Crippen LogP contribution in [0.2, 0.25) is 0 Å². The Morgan fingerprint density at radius 2 is 2.03 bits per heavy atom. The molecule has 0 radical (unpaired) electrons. The van der Waals surface area contributed by atoms with Crippen molar-refractivity contribution in [3.8, 4) is 0 Å². The number of nitrogens with zero attached hydrogens (tertiary/aromatic N) is 5. The molecule has 17 heteroatoms. The van der Waals surface area contributed by atoms with Gasteiger partial charge in [-0.05, 0) is 16.0 Å². The van der Waals surface area contributed by atoms with E-state index in [9.17, 15) is 33.0 Å². The van der Waals surface area contributed by atoms with Crippen LogP contribution in [-0.2, 0) is 30.4 Å². The van der Waals surface area contributed by atoms with Crippen LogP contribution < -0.4 is 5.32 Å². The SMILES string of the molecule is O=C(NC1C(=O)N2CC(CSc3nnnn3CS(=O)(=O)O)(C(=O)O)CS[C@H]12)C(O)c1ccccc1. The second kappa shape index (κ2) is 9.73. The van der Waals surface area contributed by atoms with E-state index in [0.717, 1.165) is 16.4 Å². The largest absolute Gasteiger partial charge is 0.481 e. The second-order valence-corrected chi connectivity index (χ2v) is 11.5. The fourth-order valence-electron chi connectivity index (χ4n) is 3.66. The van der Waals surface area contributed by atoms with E-state index in [2.05, 4.69) is 20.8 Å². The Kier molecular flexibility index (Phi) is 7.05. The Labute approximate surface area is 207 Å². The van der Waals surface area contributed by atoms with Gasteiger partial charge in [-0.15, -0.1) is 16.9 Å². The van der Waals surface area contributed by atoms with Gasteiger partial charge in [0.1, 0.15) is 16.8 Å². The van der Waals surface area contributed by atoms with Crippen molar-refractivity contribution >= 4 is 51.4 Å². The molecule has 0 aliphatic carbocycles. The van der Waals surface area contributed by atoms with E-state index in [1.54, 1.807) is 30.3 Å². The summed E-state index contributed by atoms with van der Waals surface area (Å²) in [4.78, 5) is 38.7. The smallest absolute Gasteiger partial charge is 0.313 e. The number of thioether (sulfide) groups is 2. The zero-order valence-corrected chi connectivity index (χ0v) is 20.2. The summed E-state index contributed by atoms with van der Waals surface area (Å²) in [6.07, 6.45) is -1.45. The van der Waals surface area contributed by atoms with Gasteiger partial charge < -0.3 is 20.4 Å². The highest BCUT2D eigenvalue weighted by Crippen LogP contribution is 2.44. The Morgan fingerprint density at radius 1 is 1.31 bits per heavy atom. The number of aromatic nitrogens is 4. The van der Waals surface area contributed by atoms with E-state index in [0.29, 0.717) is 5.56 Å². The van der Waals surface area contributed by atoms with Gasteiger partial charge in [-0.25, -0.2) is 4.68 Å². The Bertz CT molecular complexity index is 1240. The zero-order chi connectivity index (χ0) is 25.4. The standard InChI is InChI=1S/C18H20N6O8S3/c25-12(10-4-2-1-3-5-10)13(26)19-11-14(27)23-6-18(16(28)29,7-33-15(11)23)8-34-17-20-21-22-24(17)9-35(30,31)32/h1-5,11-12,15,25H,6-9H2,(H,19,26)(H,28,29)(H,30,31,32)/t11?,12?,15-,18?/m1/s1. The van der Waals surface area contributed by atoms with E-state index < -0.39 is 56.7 Å². The first kappa shape index (κ1) is 25.4. The third-order valence-electron chi connectivity index (χ3n) is 5.52. The number of tetrazole rings is 1. The van der Waals surface area contributed by atoms with Gasteiger partial charge >= 0.3 is 5.97 Å². The number of amides is 2. The number of benzene rings is 1. The molecule has 4 rings (SSSR count). The molecule has 3 heterocycles. The number of aliphatic hydroxyl groups excluding tert-OH is 1. The lowest BCUT2D eigenvalue weighted by molar-refractivity contribution is -0.158. The average molecular weight is 545 g/mol. The molecule has 4 atom stereocenters. The number of nitrogens with one attached hydrogen (secondary N) is 1. The summed E-state index contributed by atoms with van der Waals surface area (Å²) in [6, 6.07) is 7.35. The highest BCUT2D eigenvalue weighted by molar-refractivity contribution is 8.00. The molecular formula is C18H20N6O8S3. The van der Waals surface area contributed by atoms with Gasteiger partial charge in [0.25, 0.3) is 16.0 Å². The Hall–Kier alpha value is -2.73. The van der Waals surface area contributed by atoms with Crippen molar-refractivity contribution in [2.24, 2.45) is 5.41 Å². The number of carbonyl (C=O) groups excluding carboxylic acids is 2. The molecule has 2 saturated heterocycles. The van der Waals surface area contributed by atoms with Crippen molar-refractivity contribution < 1.29 is 37.6 Å². The fourth-order valence-corrected chi connectivity index (χ4v) is 6.97. The molecule has 2 amide bonds. The van der Waals surface area contributed by atoms with E-state index in [-0.39, 0.29) is 23.2 Å². The number of aliphatic carboxylic acids is 1. The summed E-state index contributed by atoms with van der Waals surface area (Å²) in [5.41, 5.74) is -1.02. The van der Waals surface area contributed by atoms with Gasteiger partial charge in [0.05, 0.1) is 0 Å². The number of hydrogen-bond acceptors (Lipinski definition) is 11. The molecule has 0 bridgehead atoms. The topological polar surface area (TPSA) is 205 Å². The molecule has 4 N–H and O–H groups in total. The van der Waals surface area contributed by atoms with Crippen LogP contribution in [0.25, 0.3) is 0 Å². The van der Waals surface area contributed by atoms with E-state index in [1.165, 1.54) is 16.7 Å². The molecule has 14 nitrogen and oxygen atoms in total. The number of fused-ring (bicyclic) bond motifs is 1. The first-order valence-corrected chi connectivity index (χ1v) is 13.7. The maximum absolute atomic E-state index is 12.7. The number of carboxylic acid groups (broad SMARTS) is 1. The summed E-state index contributed by atoms with van der Waals surface area (Å²) in [6.45, 7) is -0.140. The molecular weight excluding hydrogens is 524 g/mol. The summed E-state index contributed by atoms with van der Waals surface area (Å²) in [5, 5.41) is 32.7. The van der Waals surface area contributed by atoms with Crippen LogP contribution in [-0.4, -0.2) is 95.5 Å². The van der Waals surface area contributed by atoms with Crippen LogP contribution in [0.15, 0.2) is 35.5 Å². The molecule has 0 saturated carbocycles. The molecule has 1 aromatic heterocycles. The molecule has 2 aliphatic rings. The molecule has 2 aliphatic heterocycles. The first-order chi connectivity index (χ1) is 16.5. The lowest BCUT2D eigenvalue weighted by Crippen LogP contribution is -2.74. The summed E-state index contributed by atoms with van der Waals surface area (Å²) in [5.74, 6) is -3.24. The summed E-state index contributed by atoms with van der Waals surface area (Å²) >= 11 is 2.07. The van der Waals surface area contributed by atoms with Crippen molar-refractivity contribution in [2.75, 3.05) is 18.1 Å². The van der Waals surface area contributed by atoms with Crippen LogP contribution in [0.5, 0.6) is 0 Å². The molecule has 188 valence electrons. The van der Waals surface area contributed by atoms with E-state index in [1.807, 2.05) is 0 Å². The Morgan fingerprint density at radius 3 is 2.69 bits per heavy atom. The van der Waals surface area contributed by atoms with Crippen LogP contribution in [0.4, 0.5) is 0 Å². The monoisotopic (exact) mass is 544 g/mol. The highest BCUT2D eigenvalue weighted by Gasteiger charge is 2.57. The molecule has 3 unspecified atom stereocenters. The van der Waals surface area contributed by atoms with Crippen LogP contribution in [0.1, 0.15) is 11.7 Å². The molecule has 1 aromatic carbocycles. The van der Waals surface area contributed by atoms with Crippen LogP contribution in [0, 0.1) is 5.41 Å². The lowest BCUT2D eigenvalue weighted by Gasteiger charge is -2.53. The second-order valence-electron chi connectivity index (χ2n) is 8.01. The van der Waals surface area contributed by atoms with Gasteiger partial charge in [0.2, 0.25) is 11.1 Å². The molecule has 0 spiro atoms. The molecule has 2 aromatic rings. The van der Waals surface area contributed by atoms with Crippen LogP contribution >= 0.6 is 23.5 Å². The third kappa shape index (κ3) is 5.27. The van der Waals surface area contributed by atoms with Crippen molar-refractivity contribution in [3.05, 3.63) is 35.9 Å². The predicted octanol–water partition coefficient (Wildman–Crippen LogP) is -1.18. The zero-order valence-electron chi connectivity index (χ0n) is 17.8. The maximum Gasteiger partial charge on any atom is 0.313 e. The van der Waals surface area contributed by atoms with Crippen LogP contribution in [0.3, 0.4) is 0 Å². The van der Waals surface area contributed by atoms with Gasteiger partial charge in [0, 0.05) is 18.1 Å². The predicted molar refractivity (Wildman–Crippen MR) is 121 cm³/mol. The van der Waals surface area contributed by atoms with Crippen molar-refractivity contribution in [2.45, 2.75) is 28.6 Å². The molecule has 35 heavy (non-hydrogen) atoms. The minimum atomic E-state index is -4.42. The van der Waals surface area contributed by atoms with E-state index >= 15 is 0 Å². The van der Waals surface area contributed by atoms with Crippen molar-refractivity contribution in [3.63, 3.8) is 0 Å². The quantitative estimate of drug-likeness (QED) is 0.167. The summed E-state index contributed by atoms with van der Waals surface area (Å²) in [7, 11) is -4.42. The van der Waals surface area contributed by atoms with Crippen molar-refractivity contribution in [1.82, 2.24) is 30.4 Å². The number of aliphatic hydroxyl groups is 1. The van der Waals surface area contributed by atoms with Crippen molar-refractivity contribution in [1.29, 1.82) is 0 Å². The fraction of sp³-hybridized carbons (Fsp3) is 0.444. The lowest BCUT2D eigenvalue weighted by atomic mass is 9.89. The number of carboxylic acids is 1. The number of carbonyl (C=O) groups is 3. The Balaban J connectivity index is 1.40. The first-order valence-electron chi connectivity index (χ1n) is 10.0. The van der Waals surface area contributed by atoms with Gasteiger partial charge in [-0.3, -0.25) is 18.9 Å². The minimum absolute atomic E-state index is 0.00894. The maximum atomic E-state index is 12.7. The molecule has 2 fully saturated rings. The summed E-state index contributed by atoms with van der Waals surface area (Å²) < 4.78 is 32.1. The normalized spacial score (nSPS) is 24.9. The number of β-lactam (4-membered cyclic amide) rings is 1. The third-order valence-corrected chi connectivity index (χ3v) is 8.93. The highest BCUT2D eigenvalue weighted by atomic mass is 32.2. The van der Waals surface area contributed by atoms with E-state index in [4.69, 9.17) is 4.55 Å². The number of rotatable bonds is 9. The number of hydrogen-bond donors (Lipinski definition) is 4. The van der Waals surface area contributed by atoms with Gasteiger partial charge in [0.15, 0.2) is 12.0 Å². The van der Waals surface area contributed by atoms with Gasteiger partial charge in [-0.2, -0.15) is 8.42 Å². The minimum Gasteiger partial charge on any atom is -0.481 e. The van der Waals surface area contributed by atoms with Gasteiger partial charge in [-0.1, -0.05) is 42.1 Å².